The molecule has 0 saturated carbocycles. The molecule has 3 unspecified atom stereocenters. The molecule has 1 fully saturated rings. The normalized spacial score (nSPS) is 28.7. The van der Waals surface area contributed by atoms with Crippen LogP contribution in [0, 0.1) is 0 Å². The van der Waals surface area contributed by atoms with E-state index in [1.165, 1.54) is 6.08 Å². The van der Waals surface area contributed by atoms with Crippen LogP contribution >= 0.6 is 0 Å². The third kappa shape index (κ3) is 6.29. The maximum absolute atomic E-state index is 10.2. The van der Waals surface area contributed by atoms with Gasteiger partial charge in [-0.15, -0.1) is 0 Å². The Kier molecular flexibility index (Phi) is 6.65. The van der Waals surface area contributed by atoms with Crippen LogP contribution in [0.15, 0.2) is 12.2 Å². The van der Waals surface area contributed by atoms with E-state index >= 15 is 0 Å². The van der Waals surface area contributed by atoms with Crippen molar-refractivity contribution in [1.82, 2.24) is 0 Å². The molecule has 1 saturated heterocycles. The van der Waals surface area contributed by atoms with Crippen LogP contribution in [0.3, 0.4) is 0 Å². The Morgan fingerprint density at radius 2 is 2.16 bits per heavy atom. The number of hydrogen-bond acceptors (Lipinski definition) is 5. The van der Waals surface area contributed by atoms with Gasteiger partial charge in [0.05, 0.1) is 24.4 Å². The first-order valence-corrected chi connectivity index (χ1v) is 6.69. The van der Waals surface area contributed by atoms with Crippen LogP contribution < -0.4 is 0 Å². The Bertz CT molecular complexity index is 300. The SMILES string of the molecule is CC(C)(CC/C=C/C=O)OC1CC(O)CC(CO)O1. The van der Waals surface area contributed by atoms with Crippen molar-refractivity contribution in [1.29, 1.82) is 0 Å². The van der Waals surface area contributed by atoms with Crippen molar-refractivity contribution in [3.05, 3.63) is 12.2 Å². The van der Waals surface area contributed by atoms with E-state index in [-0.39, 0.29) is 12.7 Å². The smallest absolute Gasteiger partial charge is 0.161 e. The summed E-state index contributed by atoms with van der Waals surface area (Å²) in [5, 5.41) is 18.8. The summed E-state index contributed by atoms with van der Waals surface area (Å²) in [6, 6.07) is 0. The third-order valence-electron chi connectivity index (χ3n) is 3.13. The summed E-state index contributed by atoms with van der Waals surface area (Å²) in [6.07, 6.45) is 5.02. The van der Waals surface area contributed by atoms with Crippen LogP contribution in [-0.2, 0) is 14.3 Å². The predicted octanol–water partition coefficient (Wildman–Crippen LogP) is 1.18. The van der Waals surface area contributed by atoms with Gasteiger partial charge in [-0.2, -0.15) is 0 Å². The first kappa shape index (κ1) is 16.3. The molecule has 0 aromatic rings. The number of aldehydes is 1. The fraction of sp³-hybridized carbons (Fsp3) is 0.786. The Morgan fingerprint density at radius 3 is 2.79 bits per heavy atom. The van der Waals surface area contributed by atoms with Gasteiger partial charge in [-0.1, -0.05) is 6.08 Å². The largest absolute Gasteiger partial charge is 0.394 e. The van der Waals surface area contributed by atoms with Gasteiger partial charge in [-0.05, 0) is 32.8 Å². The highest BCUT2D eigenvalue weighted by molar-refractivity contribution is 5.64. The lowest BCUT2D eigenvalue weighted by atomic mass is 10.0. The topological polar surface area (TPSA) is 76.0 Å². The molecule has 1 aliphatic rings. The van der Waals surface area contributed by atoms with Gasteiger partial charge in [0.1, 0.15) is 6.29 Å². The number of ether oxygens (including phenoxy) is 2. The molecule has 0 amide bonds. The summed E-state index contributed by atoms with van der Waals surface area (Å²) in [7, 11) is 0. The molecule has 5 nitrogen and oxygen atoms in total. The number of hydrogen-bond donors (Lipinski definition) is 2. The molecule has 0 radical (unpaired) electrons. The number of aliphatic hydroxyl groups excluding tert-OH is 2. The van der Waals surface area contributed by atoms with E-state index < -0.39 is 18.0 Å². The van der Waals surface area contributed by atoms with Gasteiger partial charge in [-0.3, -0.25) is 4.79 Å². The second-order valence-corrected chi connectivity index (χ2v) is 5.48. The van der Waals surface area contributed by atoms with Crippen molar-refractivity contribution in [3.8, 4) is 0 Å². The van der Waals surface area contributed by atoms with Crippen molar-refractivity contribution < 1.29 is 24.5 Å². The van der Waals surface area contributed by atoms with E-state index in [0.717, 1.165) is 19.1 Å². The number of carbonyl (C=O) groups is 1. The lowest BCUT2D eigenvalue weighted by molar-refractivity contribution is -0.258. The van der Waals surface area contributed by atoms with Gasteiger partial charge in [0.25, 0.3) is 0 Å². The van der Waals surface area contributed by atoms with E-state index in [1.54, 1.807) is 6.08 Å². The molecule has 0 aliphatic carbocycles. The van der Waals surface area contributed by atoms with Gasteiger partial charge >= 0.3 is 0 Å². The van der Waals surface area contributed by atoms with Crippen LogP contribution in [0.5, 0.6) is 0 Å². The molecule has 19 heavy (non-hydrogen) atoms. The molecular weight excluding hydrogens is 248 g/mol. The van der Waals surface area contributed by atoms with Crippen LogP contribution in [0.2, 0.25) is 0 Å². The van der Waals surface area contributed by atoms with Gasteiger partial charge in [-0.25, -0.2) is 0 Å². The number of carbonyl (C=O) groups excluding carboxylic acids is 1. The highest BCUT2D eigenvalue weighted by Gasteiger charge is 2.32. The van der Waals surface area contributed by atoms with Crippen LogP contribution in [0.4, 0.5) is 0 Å². The van der Waals surface area contributed by atoms with Crippen molar-refractivity contribution >= 4 is 6.29 Å². The zero-order valence-electron chi connectivity index (χ0n) is 11.6. The molecule has 0 aromatic carbocycles. The maximum atomic E-state index is 10.2. The van der Waals surface area contributed by atoms with Crippen LogP contribution in [0.25, 0.3) is 0 Å². The molecule has 3 atom stereocenters. The fourth-order valence-corrected chi connectivity index (χ4v) is 2.14. The zero-order chi connectivity index (χ0) is 14.3. The zero-order valence-corrected chi connectivity index (χ0v) is 11.6. The van der Waals surface area contributed by atoms with Gasteiger partial charge in [0, 0.05) is 12.8 Å². The van der Waals surface area contributed by atoms with Crippen molar-refractivity contribution in [3.63, 3.8) is 0 Å². The minimum atomic E-state index is -0.498. The molecule has 110 valence electrons. The minimum absolute atomic E-state index is 0.112. The molecule has 5 heteroatoms. The average molecular weight is 272 g/mol. The standard InChI is InChI=1S/C14H24O5/c1-14(2,6-4-3-5-7-15)19-13-9-11(17)8-12(10-16)18-13/h3,5,7,11-13,16-17H,4,6,8-10H2,1-2H3/b5-3+. The first-order valence-electron chi connectivity index (χ1n) is 6.69. The summed E-state index contributed by atoms with van der Waals surface area (Å²) in [6.45, 7) is 3.78. The quantitative estimate of drug-likeness (QED) is 0.537. The average Bonchev–Trinajstić information content (AvgIpc) is 2.33. The molecule has 1 heterocycles. The highest BCUT2D eigenvalue weighted by atomic mass is 16.7. The van der Waals surface area contributed by atoms with E-state index in [9.17, 15) is 9.90 Å². The molecule has 1 rings (SSSR count). The Labute approximate surface area is 114 Å². The number of rotatable bonds is 7. The second kappa shape index (κ2) is 7.75. The molecule has 0 bridgehead atoms. The van der Waals surface area contributed by atoms with Gasteiger partial charge < -0.3 is 19.7 Å². The second-order valence-electron chi connectivity index (χ2n) is 5.48. The monoisotopic (exact) mass is 272 g/mol. The highest BCUT2D eigenvalue weighted by Crippen LogP contribution is 2.26. The van der Waals surface area contributed by atoms with E-state index in [1.807, 2.05) is 13.8 Å². The van der Waals surface area contributed by atoms with Crippen molar-refractivity contribution in [2.24, 2.45) is 0 Å². The Balaban J connectivity index is 2.42. The Morgan fingerprint density at radius 1 is 1.42 bits per heavy atom. The summed E-state index contributed by atoms with van der Waals surface area (Å²) in [5.74, 6) is 0. The lowest BCUT2D eigenvalue weighted by Gasteiger charge is -2.37. The third-order valence-corrected chi connectivity index (χ3v) is 3.13. The molecule has 0 spiro atoms. The van der Waals surface area contributed by atoms with Crippen LogP contribution in [0.1, 0.15) is 39.5 Å². The van der Waals surface area contributed by atoms with E-state index in [2.05, 4.69) is 0 Å². The fourth-order valence-electron chi connectivity index (χ4n) is 2.14. The Hall–Kier alpha value is -0.750. The van der Waals surface area contributed by atoms with Gasteiger partial charge in [0.15, 0.2) is 6.29 Å². The summed E-state index contributed by atoms with van der Waals surface area (Å²) in [4.78, 5) is 10.2. The van der Waals surface area contributed by atoms with Crippen LogP contribution in [-0.4, -0.2) is 47.2 Å². The van der Waals surface area contributed by atoms with Gasteiger partial charge in [0.2, 0.25) is 0 Å². The maximum Gasteiger partial charge on any atom is 0.161 e. The molecule has 2 N–H and O–H groups in total. The predicted molar refractivity (Wildman–Crippen MR) is 70.6 cm³/mol. The summed E-state index contributed by atoms with van der Waals surface area (Å²) >= 11 is 0. The lowest BCUT2D eigenvalue weighted by Crippen LogP contribution is -2.42. The first-order chi connectivity index (χ1) is 8.96. The molecular formula is C14H24O5. The molecule has 1 aliphatic heterocycles. The van der Waals surface area contributed by atoms with E-state index in [4.69, 9.17) is 14.6 Å². The van der Waals surface area contributed by atoms with Crippen molar-refractivity contribution in [2.45, 2.75) is 63.6 Å². The van der Waals surface area contributed by atoms with Crippen molar-refractivity contribution in [2.75, 3.05) is 6.61 Å². The van der Waals surface area contributed by atoms with E-state index in [0.29, 0.717) is 12.8 Å². The summed E-state index contributed by atoms with van der Waals surface area (Å²) < 4.78 is 11.4. The summed E-state index contributed by atoms with van der Waals surface area (Å²) in [5.41, 5.74) is -0.408. The minimum Gasteiger partial charge on any atom is -0.394 e. The number of allylic oxidation sites excluding steroid dienone is 2. The molecule has 0 aromatic heterocycles. The number of aliphatic hydroxyl groups is 2.